The summed E-state index contributed by atoms with van der Waals surface area (Å²) in [5, 5.41) is 7.87. The summed E-state index contributed by atoms with van der Waals surface area (Å²) in [6, 6.07) is 7.16. The van der Waals surface area contributed by atoms with Gasteiger partial charge in [-0.25, -0.2) is 8.42 Å². The predicted octanol–water partition coefficient (Wildman–Crippen LogP) is 2.85. The van der Waals surface area contributed by atoms with Gasteiger partial charge in [-0.15, -0.1) is 10.2 Å². The SMILES string of the molecule is O=S(=O)(c1cccc(C(F)(F)F)c1)N1CCN(Cc2nnc(-c3ccco3)o2)CC1. The summed E-state index contributed by atoms with van der Waals surface area (Å²) in [6.45, 7) is 1.34. The van der Waals surface area contributed by atoms with Crippen LogP contribution >= 0.6 is 0 Å². The number of aromatic nitrogens is 2. The summed E-state index contributed by atoms with van der Waals surface area (Å²) in [5.74, 6) is 1.06. The van der Waals surface area contributed by atoms with Crippen molar-refractivity contribution >= 4 is 10.0 Å². The van der Waals surface area contributed by atoms with Gasteiger partial charge in [0.25, 0.3) is 5.89 Å². The predicted molar refractivity (Wildman–Crippen MR) is 97.5 cm³/mol. The highest BCUT2D eigenvalue weighted by atomic mass is 32.2. The molecule has 160 valence electrons. The van der Waals surface area contributed by atoms with Crippen LogP contribution in [0.5, 0.6) is 0 Å². The van der Waals surface area contributed by atoms with Crippen molar-refractivity contribution < 1.29 is 30.4 Å². The Balaban J connectivity index is 1.39. The van der Waals surface area contributed by atoms with E-state index in [1.54, 1.807) is 12.1 Å². The Morgan fingerprint density at radius 3 is 2.47 bits per heavy atom. The van der Waals surface area contributed by atoms with Gasteiger partial charge in [0.1, 0.15) is 0 Å². The van der Waals surface area contributed by atoms with E-state index in [0.29, 0.717) is 37.4 Å². The first kappa shape index (κ1) is 20.6. The maximum Gasteiger partial charge on any atom is 0.416 e. The highest BCUT2D eigenvalue weighted by Crippen LogP contribution is 2.31. The number of sulfonamides is 1. The van der Waals surface area contributed by atoms with E-state index in [-0.39, 0.29) is 23.9 Å². The second-order valence-electron chi connectivity index (χ2n) is 6.68. The molecule has 0 N–H and O–H groups in total. The molecule has 1 aliphatic rings. The van der Waals surface area contributed by atoms with E-state index in [4.69, 9.17) is 8.83 Å². The minimum atomic E-state index is -4.61. The summed E-state index contributed by atoms with van der Waals surface area (Å²) in [5.41, 5.74) is -0.994. The third-order valence-corrected chi connectivity index (χ3v) is 6.58. The van der Waals surface area contributed by atoms with Gasteiger partial charge in [-0.05, 0) is 30.3 Å². The largest absolute Gasteiger partial charge is 0.459 e. The zero-order valence-electron chi connectivity index (χ0n) is 15.5. The third kappa shape index (κ3) is 4.25. The van der Waals surface area contributed by atoms with Crippen LogP contribution in [-0.4, -0.2) is 54.0 Å². The fraction of sp³-hybridized carbons (Fsp3) is 0.333. The van der Waals surface area contributed by atoms with Crippen LogP contribution in [0.3, 0.4) is 0 Å². The Bertz CT molecular complexity index is 1100. The van der Waals surface area contributed by atoms with Crippen LogP contribution in [0.25, 0.3) is 11.7 Å². The number of piperazine rings is 1. The molecule has 0 bridgehead atoms. The molecule has 3 aromatic rings. The number of alkyl halides is 3. The van der Waals surface area contributed by atoms with Crippen molar-refractivity contribution in [2.75, 3.05) is 26.2 Å². The summed E-state index contributed by atoms with van der Waals surface area (Å²) >= 11 is 0. The highest BCUT2D eigenvalue weighted by molar-refractivity contribution is 7.89. The maximum absolute atomic E-state index is 12.9. The molecule has 0 unspecified atom stereocenters. The Kier molecular flexibility index (Phi) is 5.38. The summed E-state index contributed by atoms with van der Waals surface area (Å²) in [7, 11) is -4.02. The smallest absolute Gasteiger partial charge is 0.416 e. The van der Waals surface area contributed by atoms with Crippen LogP contribution < -0.4 is 0 Å². The zero-order valence-corrected chi connectivity index (χ0v) is 16.4. The maximum atomic E-state index is 12.9. The van der Waals surface area contributed by atoms with Crippen LogP contribution in [0.15, 0.2) is 56.4 Å². The molecular weight excluding hydrogens is 425 g/mol. The van der Waals surface area contributed by atoms with E-state index in [1.807, 2.05) is 4.90 Å². The molecule has 1 fully saturated rings. The summed E-state index contributed by atoms with van der Waals surface area (Å²) < 4.78 is 76.1. The molecule has 0 atom stereocenters. The Morgan fingerprint density at radius 1 is 1.03 bits per heavy atom. The normalized spacial score (nSPS) is 16.8. The van der Waals surface area contributed by atoms with Gasteiger partial charge in [0, 0.05) is 26.2 Å². The Hall–Kier alpha value is -2.70. The second-order valence-corrected chi connectivity index (χ2v) is 8.62. The first-order valence-corrected chi connectivity index (χ1v) is 10.4. The van der Waals surface area contributed by atoms with E-state index in [9.17, 15) is 21.6 Å². The molecule has 0 amide bonds. The molecule has 0 saturated carbocycles. The van der Waals surface area contributed by atoms with E-state index in [0.717, 1.165) is 12.1 Å². The van der Waals surface area contributed by atoms with E-state index in [1.165, 1.54) is 16.6 Å². The molecular formula is C18H17F3N4O4S. The van der Waals surface area contributed by atoms with Gasteiger partial charge >= 0.3 is 6.18 Å². The van der Waals surface area contributed by atoms with Gasteiger partial charge in [-0.2, -0.15) is 17.5 Å². The van der Waals surface area contributed by atoms with E-state index in [2.05, 4.69) is 10.2 Å². The molecule has 1 aliphatic heterocycles. The minimum absolute atomic E-state index is 0.137. The van der Waals surface area contributed by atoms with Gasteiger partial charge in [-0.1, -0.05) is 6.07 Å². The van der Waals surface area contributed by atoms with Crippen molar-refractivity contribution in [1.82, 2.24) is 19.4 Å². The molecule has 0 aliphatic carbocycles. The molecule has 8 nitrogen and oxygen atoms in total. The number of nitrogens with zero attached hydrogens (tertiary/aromatic N) is 4. The van der Waals surface area contributed by atoms with Gasteiger partial charge in [0.05, 0.1) is 23.3 Å². The van der Waals surface area contributed by atoms with Crippen molar-refractivity contribution in [3.8, 4) is 11.7 Å². The number of hydrogen-bond acceptors (Lipinski definition) is 7. The van der Waals surface area contributed by atoms with Crippen molar-refractivity contribution in [3.05, 3.63) is 54.1 Å². The molecule has 4 rings (SSSR count). The van der Waals surface area contributed by atoms with Crippen LogP contribution in [0.1, 0.15) is 11.5 Å². The van der Waals surface area contributed by atoms with Gasteiger partial charge in [-0.3, -0.25) is 4.90 Å². The fourth-order valence-corrected chi connectivity index (χ4v) is 4.59. The van der Waals surface area contributed by atoms with E-state index >= 15 is 0 Å². The highest BCUT2D eigenvalue weighted by Gasteiger charge is 2.34. The monoisotopic (exact) mass is 442 g/mol. The summed E-state index contributed by atoms with van der Waals surface area (Å²) in [6.07, 6.45) is -3.12. The first-order valence-electron chi connectivity index (χ1n) is 8.99. The zero-order chi connectivity index (χ0) is 21.4. The molecule has 1 saturated heterocycles. The number of hydrogen-bond donors (Lipinski definition) is 0. The lowest BCUT2D eigenvalue weighted by atomic mass is 10.2. The van der Waals surface area contributed by atoms with Crippen molar-refractivity contribution in [3.63, 3.8) is 0 Å². The van der Waals surface area contributed by atoms with Crippen LogP contribution in [0, 0.1) is 0 Å². The van der Waals surface area contributed by atoms with Crippen molar-refractivity contribution in [2.24, 2.45) is 0 Å². The molecule has 3 heterocycles. The summed E-state index contributed by atoms with van der Waals surface area (Å²) in [4.78, 5) is 1.56. The standard InChI is InChI=1S/C18H17F3N4O4S/c19-18(20,21)13-3-1-4-14(11-13)30(26,27)25-8-6-24(7-9-25)12-16-22-23-17(29-16)15-5-2-10-28-15/h1-5,10-11H,6-9,12H2. The lowest BCUT2D eigenvalue weighted by Gasteiger charge is -2.33. The minimum Gasteiger partial charge on any atom is -0.459 e. The van der Waals surface area contributed by atoms with Gasteiger partial charge in [0.15, 0.2) is 5.76 Å². The number of halogens is 3. The number of rotatable bonds is 5. The molecule has 12 heteroatoms. The topological polar surface area (TPSA) is 92.7 Å². The molecule has 0 radical (unpaired) electrons. The average Bonchev–Trinajstić information content (AvgIpc) is 3.40. The lowest BCUT2D eigenvalue weighted by molar-refractivity contribution is -0.137. The van der Waals surface area contributed by atoms with Crippen molar-refractivity contribution in [1.29, 1.82) is 0 Å². The Morgan fingerprint density at radius 2 is 1.80 bits per heavy atom. The number of benzene rings is 1. The van der Waals surface area contributed by atoms with E-state index < -0.39 is 21.8 Å². The van der Waals surface area contributed by atoms with Crippen molar-refractivity contribution in [2.45, 2.75) is 17.6 Å². The second kappa shape index (κ2) is 7.85. The first-order chi connectivity index (χ1) is 14.2. The Labute approximate surface area is 170 Å². The molecule has 0 spiro atoms. The fourth-order valence-electron chi connectivity index (χ4n) is 3.12. The molecule has 1 aromatic carbocycles. The van der Waals surface area contributed by atoms with Gasteiger partial charge in [0.2, 0.25) is 15.9 Å². The van der Waals surface area contributed by atoms with Crippen LogP contribution in [0.2, 0.25) is 0 Å². The van der Waals surface area contributed by atoms with Crippen LogP contribution in [0.4, 0.5) is 13.2 Å². The third-order valence-electron chi connectivity index (χ3n) is 4.69. The molecule has 2 aromatic heterocycles. The average molecular weight is 442 g/mol. The quantitative estimate of drug-likeness (QED) is 0.600. The van der Waals surface area contributed by atoms with Crippen LogP contribution in [-0.2, 0) is 22.7 Å². The lowest BCUT2D eigenvalue weighted by Crippen LogP contribution is -2.48. The molecule has 30 heavy (non-hydrogen) atoms. The van der Waals surface area contributed by atoms with Gasteiger partial charge < -0.3 is 8.83 Å². The number of furan rings is 1.